The van der Waals surface area contributed by atoms with Crippen LogP contribution < -0.4 is 10.7 Å². The third-order valence-corrected chi connectivity index (χ3v) is 3.91. The van der Waals surface area contributed by atoms with Gasteiger partial charge in [0.25, 0.3) is 11.8 Å². The standard InChI is InChI=1S/C19H20ClN3O3/c1-12(2)17(22-18(25)13-7-9-15(20)10-8-13)19(26)23-21-11-14-5-3-4-6-16(14)24/h3-12,17,24H,1-2H3,(H,22,25)(H,23,26). The maximum absolute atomic E-state index is 12.4. The van der Waals surface area contributed by atoms with Crippen LogP contribution in [0.25, 0.3) is 0 Å². The minimum absolute atomic E-state index is 0.0574. The number of phenolic OH excluding ortho intramolecular Hbond substituents is 1. The van der Waals surface area contributed by atoms with Gasteiger partial charge >= 0.3 is 0 Å². The van der Waals surface area contributed by atoms with Crippen molar-refractivity contribution in [2.75, 3.05) is 0 Å². The van der Waals surface area contributed by atoms with Crippen LogP contribution in [0, 0.1) is 5.92 Å². The SMILES string of the molecule is CC(C)C(NC(=O)c1ccc(Cl)cc1)C(=O)NN=Cc1ccccc1O. The Morgan fingerprint density at radius 1 is 1.12 bits per heavy atom. The van der Waals surface area contributed by atoms with Crippen molar-refractivity contribution in [1.29, 1.82) is 0 Å². The molecule has 0 radical (unpaired) electrons. The topological polar surface area (TPSA) is 90.8 Å². The Kier molecular flexibility index (Phi) is 6.74. The van der Waals surface area contributed by atoms with E-state index in [1.54, 1.807) is 42.5 Å². The van der Waals surface area contributed by atoms with Gasteiger partial charge in [-0.05, 0) is 42.3 Å². The number of halogens is 1. The van der Waals surface area contributed by atoms with Crippen molar-refractivity contribution in [3.8, 4) is 5.75 Å². The van der Waals surface area contributed by atoms with Gasteiger partial charge in [-0.1, -0.05) is 37.6 Å². The molecule has 0 saturated heterocycles. The number of aromatic hydroxyl groups is 1. The average molecular weight is 374 g/mol. The number of rotatable bonds is 6. The van der Waals surface area contributed by atoms with Gasteiger partial charge in [0.1, 0.15) is 11.8 Å². The van der Waals surface area contributed by atoms with Gasteiger partial charge in [-0.15, -0.1) is 0 Å². The number of carbonyl (C=O) groups excluding carboxylic acids is 2. The number of nitrogens with zero attached hydrogens (tertiary/aromatic N) is 1. The van der Waals surface area contributed by atoms with Gasteiger partial charge in [0, 0.05) is 16.1 Å². The highest BCUT2D eigenvalue weighted by Crippen LogP contribution is 2.13. The summed E-state index contributed by atoms with van der Waals surface area (Å²) in [4.78, 5) is 24.7. The van der Waals surface area contributed by atoms with E-state index in [1.165, 1.54) is 12.3 Å². The van der Waals surface area contributed by atoms with Crippen molar-refractivity contribution >= 4 is 29.6 Å². The summed E-state index contributed by atoms with van der Waals surface area (Å²) in [6.07, 6.45) is 1.34. The van der Waals surface area contributed by atoms with E-state index in [0.717, 1.165) is 0 Å². The maximum Gasteiger partial charge on any atom is 0.262 e. The lowest BCUT2D eigenvalue weighted by Gasteiger charge is -2.20. The molecule has 2 aromatic carbocycles. The summed E-state index contributed by atoms with van der Waals surface area (Å²) >= 11 is 5.81. The van der Waals surface area contributed by atoms with Crippen molar-refractivity contribution in [3.63, 3.8) is 0 Å². The Bertz CT molecular complexity index is 804. The average Bonchev–Trinajstić information content (AvgIpc) is 2.61. The van der Waals surface area contributed by atoms with Gasteiger partial charge in [0.15, 0.2) is 0 Å². The van der Waals surface area contributed by atoms with Gasteiger partial charge in [0.05, 0.1) is 6.21 Å². The molecule has 2 aromatic rings. The highest BCUT2D eigenvalue weighted by atomic mass is 35.5. The van der Waals surface area contributed by atoms with Crippen LogP contribution in [0.3, 0.4) is 0 Å². The van der Waals surface area contributed by atoms with Gasteiger partial charge in [0.2, 0.25) is 0 Å². The van der Waals surface area contributed by atoms with Crippen LogP contribution in [0.1, 0.15) is 29.8 Å². The first-order valence-corrected chi connectivity index (χ1v) is 8.43. The molecule has 136 valence electrons. The molecule has 26 heavy (non-hydrogen) atoms. The van der Waals surface area contributed by atoms with Crippen LogP contribution >= 0.6 is 11.6 Å². The first kappa shape index (κ1) is 19.5. The van der Waals surface area contributed by atoms with Crippen LogP contribution in [0.5, 0.6) is 5.75 Å². The number of benzene rings is 2. The smallest absolute Gasteiger partial charge is 0.262 e. The van der Waals surface area contributed by atoms with E-state index < -0.39 is 11.9 Å². The molecule has 1 atom stereocenters. The monoisotopic (exact) mass is 373 g/mol. The molecule has 0 heterocycles. The number of nitrogens with one attached hydrogen (secondary N) is 2. The predicted octanol–water partition coefficient (Wildman–Crippen LogP) is 2.95. The number of hydrogen-bond acceptors (Lipinski definition) is 4. The molecule has 2 amide bonds. The van der Waals surface area contributed by atoms with Crippen LogP contribution in [0.2, 0.25) is 5.02 Å². The Labute approximate surface area is 156 Å². The van der Waals surface area contributed by atoms with Crippen LogP contribution in [0.4, 0.5) is 0 Å². The molecule has 2 rings (SSSR count). The Morgan fingerprint density at radius 2 is 1.77 bits per heavy atom. The second-order valence-corrected chi connectivity index (χ2v) is 6.43. The van der Waals surface area contributed by atoms with E-state index in [1.807, 2.05) is 13.8 Å². The highest BCUT2D eigenvalue weighted by Gasteiger charge is 2.24. The zero-order valence-corrected chi connectivity index (χ0v) is 15.2. The zero-order chi connectivity index (χ0) is 19.1. The van der Waals surface area contributed by atoms with Crippen molar-refractivity contribution in [2.45, 2.75) is 19.9 Å². The molecule has 0 fully saturated rings. The Hall–Kier alpha value is -2.86. The normalized spacial score (nSPS) is 12.2. The van der Waals surface area contributed by atoms with Crippen molar-refractivity contribution in [1.82, 2.24) is 10.7 Å². The first-order valence-electron chi connectivity index (χ1n) is 8.06. The molecule has 0 bridgehead atoms. The first-order chi connectivity index (χ1) is 12.4. The quantitative estimate of drug-likeness (QED) is 0.537. The van der Waals surface area contributed by atoms with E-state index in [0.29, 0.717) is 16.1 Å². The molecule has 0 spiro atoms. The summed E-state index contributed by atoms with van der Waals surface area (Å²) in [5.74, 6) is -0.914. The van der Waals surface area contributed by atoms with Crippen molar-refractivity contribution in [3.05, 3.63) is 64.7 Å². The van der Waals surface area contributed by atoms with E-state index in [9.17, 15) is 14.7 Å². The second kappa shape index (κ2) is 9.01. The summed E-state index contributed by atoms with van der Waals surface area (Å²) in [6, 6.07) is 12.2. The highest BCUT2D eigenvalue weighted by molar-refractivity contribution is 6.30. The van der Waals surface area contributed by atoms with Gasteiger partial charge in [-0.25, -0.2) is 5.43 Å². The van der Waals surface area contributed by atoms with E-state index in [2.05, 4.69) is 15.8 Å². The fourth-order valence-electron chi connectivity index (χ4n) is 2.19. The molecule has 0 aliphatic rings. The fraction of sp³-hybridized carbons (Fsp3) is 0.211. The fourth-order valence-corrected chi connectivity index (χ4v) is 2.32. The van der Waals surface area contributed by atoms with E-state index in [4.69, 9.17) is 11.6 Å². The predicted molar refractivity (Wildman–Crippen MR) is 101 cm³/mol. The summed E-state index contributed by atoms with van der Waals surface area (Å²) in [6.45, 7) is 3.64. The molecular formula is C19H20ClN3O3. The molecule has 3 N–H and O–H groups in total. The third-order valence-electron chi connectivity index (χ3n) is 3.66. The summed E-state index contributed by atoms with van der Waals surface area (Å²) < 4.78 is 0. The lowest BCUT2D eigenvalue weighted by Crippen LogP contribution is -2.48. The molecule has 0 aromatic heterocycles. The van der Waals surface area contributed by atoms with E-state index in [-0.39, 0.29) is 17.6 Å². The molecule has 0 aliphatic heterocycles. The Balaban J connectivity index is 2.02. The Morgan fingerprint density at radius 3 is 2.38 bits per heavy atom. The minimum atomic E-state index is -0.764. The van der Waals surface area contributed by atoms with Crippen LogP contribution in [-0.2, 0) is 4.79 Å². The number of phenols is 1. The van der Waals surface area contributed by atoms with Crippen molar-refractivity contribution < 1.29 is 14.7 Å². The number of amides is 2. The number of para-hydroxylation sites is 1. The maximum atomic E-state index is 12.4. The van der Waals surface area contributed by atoms with Gasteiger partial charge < -0.3 is 10.4 Å². The molecule has 0 saturated carbocycles. The molecule has 6 nitrogen and oxygen atoms in total. The molecular weight excluding hydrogens is 354 g/mol. The van der Waals surface area contributed by atoms with Gasteiger partial charge in [-0.3, -0.25) is 9.59 Å². The molecule has 7 heteroatoms. The zero-order valence-electron chi connectivity index (χ0n) is 14.4. The summed E-state index contributed by atoms with van der Waals surface area (Å²) in [5, 5.41) is 16.7. The second-order valence-electron chi connectivity index (χ2n) is 6.00. The van der Waals surface area contributed by atoms with Crippen LogP contribution in [-0.4, -0.2) is 29.2 Å². The number of hydrogen-bond donors (Lipinski definition) is 3. The molecule has 0 aliphatic carbocycles. The number of carbonyl (C=O) groups is 2. The largest absolute Gasteiger partial charge is 0.507 e. The van der Waals surface area contributed by atoms with E-state index >= 15 is 0 Å². The lowest BCUT2D eigenvalue weighted by molar-refractivity contribution is -0.123. The number of hydrazone groups is 1. The third kappa shape index (κ3) is 5.32. The van der Waals surface area contributed by atoms with Crippen molar-refractivity contribution in [2.24, 2.45) is 11.0 Å². The lowest BCUT2D eigenvalue weighted by atomic mass is 10.0. The summed E-state index contributed by atoms with van der Waals surface area (Å²) in [7, 11) is 0. The summed E-state index contributed by atoms with van der Waals surface area (Å²) in [5.41, 5.74) is 3.27. The van der Waals surface area contributed by atoms with Gasteiger partial charge in [-0.2, -0.15) is 5.10 Å². The molecule has 1 unspecified atom stereocenters. The van der Waals surface area contributed by atoms with Crippen LogP contribution in [0.15, 0.2) is 53.6 Å². The minimum Gasteiger partial charge on any atom is -0.507 e.